The molecular formula is C16H27NO5. The van der Waals surface area contributed by atoms with Crippen molar-refractivity contribution >= 4 is 11.9 Å². The molecule has 1 fully saturated rings. The summed E-state index contributed by atoms with van der Waals surface area (Å²) in [7, 11) is 0. The van der Waals surface area contributed by atoms with Crippen molar-refractivity contribution in [2.75, 3.05) is 39.5 Å². The SMILES string of the molecule is CCC(C)OC(=O)/C=C/C(=O)OCCCCN1CCOCC1. The van der Waals surface area contributed by atoms with Gasteiger partial charge in [0.05, 0.1) is 25.9 Å². The molecule has 1 rings (SSSR count). The second kappa shape index (κ2) is 11.2. The molecule has 22 heavy (non-hydrogen) atoms. The zero-order valence-electron chi connectivity index (χ0n) is 13.6. The Balaban J connectivity index is 2.03. The first-order valence-corrected chi connectivity index (χ1v) is 7.97. The van der Waals surface area contributed by atoms with E-state index in [1.807, 2.05) is 6.92 Å². The molecular weight excluding hydrogens is 286 g/mol. The van der Waals surface area contributed by atoms with E-state index < -0.39 is 11.9 Å². The van der Waals surface area contributed by atoms with Crippen molar-refractivity contribution in [2.45, 2.75) is 39.2 Å². The molecule has 0 aromatic carbocycles. The molecule has 1 heterocycles. The van der Waals surface area contributed by atoms with Gasteiger partial charge in [0.2, 0.25) is 0 Å². The van der Waals surface area contributed by atoms with Crippen LogP contribution in [0.1, 0.15) is 33.1 Å². The van der Waals surface area contributed by atoms with Gasteiger partial charge in [-0.15, -0.1) is 0 Å². The lowest BCUT2D eigenvalue weighted by atomic mass is 10.3. The van der Waals surface area contributed by atoms with E-state index in [1.165, 1.54) is 0 Å². The summed E-state index contributed by atoms with van der Waals surface area (Å²) < 4.78 is 15.3. The molecule has 1 atom stereocenters. The van der Waals surface area contributed by atoms with Gasteiger partial charge in [0, 0.05) is 25.2 Å². The number of hydrogen-bond donors (Lipinski definition) is 0. The van der Waals surface area contributed by atoms with Crippen LogP contribution in [0.15, 0.2) is 12.2 Å². The Morgan fingerprint density at radius 2 is 1.86 bits per heavy atom. The monoisotopic (exact) mass is 313 g/mol. The third kappa shape index (κ3) is 8.79. The van der Waals surface area contributed by atoms with Gasteiger partial charge in [-0.05, 0) is 32.7 Å². The first kappa shape index (κ1) is 18.6. The molecule has 0 aromatic heterocycles. The highest BCUT2D eigenvalue weighted by molar-refractivity contribution is 5.91. The van der Waals surface area contributed by atoms with E-state index in [0.29, 0.717) is 6.61 Å². The maximum Gasteiger partial charge on any atom is 0.331 e. The summed E-state index contributed by atoms with van der Waals surface area (Å²) in [5.41, 5.74) is 0. The van der Waals surface area contributed by atoms with Gasteiger partial charge in [-0.1, -0.05) is 6.92 Å². The van der Waals surface area contributed by atoms with Gasteiger partial charge in [-0.2, -0.15) is 0 Å². The molecule has 0 aromatic rings. The largest absolute Gasteiger partial charge is 0.463 e. The van der Waals surface area contributed by atoms with Crippen LogP contribution in [0.4, 0.5) is 0 Å². The molecule has 1 aliphatic heterocycles. The molecule has 6 nitrogen and oxygen atoms in total. The predicted octanol–water partition coefficient (Wildman–Crippen LogP) is 1.54. The Bertz CT molecular complexity index is 364. The number of carbonyl (C=O) groups excluding carboxylic acids is 2. The zero-order valence-corrected chi connectivity index (χ0v) is 13.6. The molecule has 0 bridgehead atoms. The Labute approximate surface area is 132 Å². The molecule has 0 saturated carbocycles. The first-order valence-electron chi connectivity index (χ1n) is 7.97. The second-order valence-corrected chi connectivity index (χ2v) is 5.32. The molecule has 1 aliphatic rings. The lowest BCUT2D eigenvalue weighted by Gasteiger charge is -2.26. The summed E-state index contributed by atoms with van der Waals surface area (Å²) in [6.45, 7) is 8.64. The summed E-state index contributed by atoms with van der Waals surface area (Å²) in [6.07, 6.45) is 4.62. The number of carbonyl (C=O) groups is 2. The molecule has 0 spiro atoms. The number of nitrogens with zero attached hydrogens (tertiary/aromatic N) is 1. The highest BCUT2D eigenvalue weighted by atomic mass is 16.5. The third-order valence-electron chi connectivity index (χ3n) is 3.46. The lowest BCUT2D eigenvalue weighted by molar-refractivity contribution is -0.143. The van der Waals surface area contributed by atoms with Crippen LogP contribution in [0.25, 0.3) is 0 Å². The summed E-state index contributed by atoms with van der Waals surface area (Å²) in [5, 5.41) is 0. The Kier molecular flexibility index (Phi) is 9.50. The maximum absolute atomic E-state index is 11.4. The quantitative estimate of drug-likeness (QED) is 0.365. The summed E-state index contributed by atoms with van der Waals surface area (Å²) in [5.74, 6) is -1.02. The summed E-state index contributed by atoms with van der Waals surface area (Å²) in [4.78, 5) is 25.1. The fourth-order valence-corrected chi connectivity index (χ4v) is 1.94. The smallest absolute Gasteiger partial charge is 0.331 e. The number of morpholine rings is 1. The fraction of sp³-hybridized carbons (Fsp3) is 0.750. The van der Waals surface area contributed by atoms with E-state index in [-0.39, 0.29) is 6.10 Å². The van der Waals surface area contributed by atoms with Crippen LogP contribution in [-0.2, 0) is 23.8 Å². The normalized spacial score (nSPS) is 17.4. The van der Waals surface area contributed by atoms with E-state index in [9.17, 15) is 9.59 Å². The Morgan fingerprint density at radius 3 is 2.55 bits per heavy atom. The third-order valence-corrected chi connectivity index (χ3v) is 3.46. The first-order chi connectivity index (χ1) is 10.6. The van der Waals surface area contributed by atoms with E-state index in [0.717, 1.165) is 64.3 Å². The minimum Gasteiger partial charge on any atom is -0.463 e. The minimum atomic E-state index is -0.515. The van der Waals surface area contributed by atoms with Crippen molar-refractivity contribution in [3.8, 4) is 0 Å². The number of esters is 2. The molecule has 0 aliphatic carbocycles. The molecule has 0 radical (unpaired) electrons. The minimum absolute atomic E-state index is 0.145. The van der Waals surface area contributed by atoms with Gasteiger partial charge in [-0.3, -0.25) is 4.90 Å². The molecule has 126 valence electrons. The van der Waals surface area contributed by atoms with Gasteiger partial charge >= 0.3 is 11.9 Å². The molecule has 0 N–H and O–H groups in total. The highest BCUT2D eigenvalue weighted by Crippen LogP contribution is 2.01. The van der Waals surface area contributed by atoms with Crippen LogP contribution in [0.5, 0.6) is 0 Å². The van der Waals surface area contributed by atoms with Crippen LogP contribution in [0, 0.1) is 0 Å². The van der Waals surface area contributed by atoms with Crippen molar-refractivity contribution in [2.24, 2.45) is 0 Å². The lowest BCUT2D eigenvalue weighted by Crippen LogP contribution is -2.36. The van der Waals surface area contributed by atoms with Crippen LogP contribution in [-0.4, -0.2) is 62.4 Å². The molecule has 0 amide bonds. The van der Waals surface area contributed by atoms with Crippen molar-refractivity contribution in [3.05, 3.63) is 12.2 Å². The van der Waals surface area contributed by atoms with Crippen LogP contribution in [0.2, 0.25) is 0 Å². The average molecular weight is 313 g/mol. The number of hydrogen-bond acceptors (Lipinski definition) is 6. The van der Waals surface area contributed by atoms with E-state index >= 15 is 0 Å². The summed E-state index contributed by atoms with van der Waals surface area (Å²) in [6, 6.07) is 0. The molecule has 6 heteroatoms. The van der Waals surface area contributed by atoms with Crippen LogP contribution >= 0.6 is 0 Å². The van der Waals surface area contributed by atoms with E-state index in [1.54, 1.807) is 6.92 Å². The van der Waals surface area contributed by atoms with Crippen LogP contribution in [0.3, 0.4) is 0 Å². The van der Waals surface area contributed by atoms with Crippen molar-refractivity contribution in [1.82, 2.24) is 4.90 Å². The van der Waals surface area contributed by atoms with Crippen molar-refractivity contribution in [1.29, 1.82) is 0 Å². The second-order valence-electron chi connectivity index (χ2n) is 5.32. The van der Waals surface area contributed by atoms with Crippen molar-refractivity contribution in [3.63, 3.8) is 0 Å². The number of rotatable bonds is 9. The Hall–Kier alpha value is -1.40. The topological polar surface area (TPSA) is 65.1 Å². The molecule has 1 saturated heterocycles. The average Bonchev–Trinajstić information content (AvgIpc) is 2.53. The van der Waals surface area contributed by atoms with Crippen molar-refractivity contribution < 1.29 is 23.8 Å². The number of ether oxygens (including phenoxy) is 3. The van der Waals surface area contributed by atoms with Crippen LogP contribution < -0.4 is 0 Å². The van der Waals surface area contributed by atoms with Gasteiger partial charge in [-0.25, -0.2) is 9.59 Å². The number of unbranched alkanes of at least 4 members (excludes halogenated alkanes) is 1. The van der Waals surface area contributed by atoms with E-state index in [4.69, 9.17) is 14.2 Å². The highest BCUT2D eigenvalue weighted by Gasteiger charge is 2.09. The maximum atomic E-state index is 11.4. The van der Waals surface area contributed by atoms with Gasteiger partial charge in [0.25, 0.3) is 0 Å². The summed E-state index contributed by atoms with van der Waals surface area (Å²) >= 11 is 0. The Morgan fingerprint density at radius 1 is 1.18 bits per heavy atom. The fourth-order valence-electron chi connectivity index (χ4n) is 1.94. The zero-order chi connectivity index (χ0) is 16.2. The van der Waals surface area contributed by atoms with Gasteiger partial charge < -0.3 is 14.2 Å². The van der Waals surface area contributed by atoms with Gasteiger partial charge in [0.1, 0.15) is 0 Å². The standard InChI is InChI=1S/C16H27NO5/c1-3-14(2)22-16(19)7-6-15(18)21-11-5-4-8-17-9-12-20-13-10-17/h6-7,14H,3-5,8-13H2,1-2H3/b7-6+. The molecule has 1 unspecified atom stereocenters. The van der Waals surface area contributed by atoms with Gasteiger partial charge in [0.15, 0.2) is 0 Å². The predicted molar refractivity (Wildman–Crippen MR) is 82.4 cm³/mol. The van der Waals surface area contributed by atoms with E-state index in [2.05, 4.69) is 4.90 Å².